The van der Waals surface area contributed by atoms with Gasteiger partial charge in [-0.2, -0.15) is 0 Å². The van der Waals surface area contributed by atoms with Crippen LogP contribution in [0, 0.1) is 10.1 Å². The van der Waals surface area contributed by atoms with Crippen LogP contribution in [0.25, 0.3) is 11.3 Å². The number of carbonyl (C=O) groups is 1. The quantitative estimate of drug-likeness (QED) is 0.458. The molecule has 0 atom stereocenters. The van der Waals surface area contributed by atoms with Crippen LogP contribution >= 0.6 is 0 Å². The first kappa shape index (κ1) is 18.4. The van der Waals surface area contributed by atoms with Gasteiger partial charge in [0, 0.05) is 37.1 Å². The number of nitro benzene ring substituents is 1. The van der Waals surface area contributed by atoms with Gasteiger partial charge in [-0.1, -0.05) is 48.5 Å². The largest absolute Gasteiger partial charge is 0.461 e. The van der Waals surface area contributed by atoms with Gasteiger partial charge in [0.1, 0.15) is 11.5 Å². The summed E-state index contributed by atoms with van der Waals surface area (Å²) in [4.78, 5) is 24.6. The minimum absolute atomic E-state index is 0.0238. The molecule has 1 heterocycles. The number of nitrogens with zero attached hydrogens (tertiary/aromatic N) is 2. The highest BCUT2D eigenvalue weighted by molar-refractivity contribution is 5.76. The molecule has 3 rings (SSSR count). The molecule has 6 nitrogen and oxygen atoms in total. The highest BCUT2D eigenvalue weighted by Crippen LogP contribution is 2.23. The van der Waals surface area contributed by atoms with Gasteiger partial charge < -0.3 is 9.32 Å². The van der Waals surface area contributed by atoms with Gasteiger partial charge in [0.15, 0.2) is 0 Å². The third-order valence-electron chi connectivity index (χ3n) is 4.33. The SMILES string of the molecule is CN(Cc1ccccc1[N+](=O)[O-])C(=O)CCc1ccc(-c2ccccc2)o1. The zero-order valence-electron chi connectivity index (χ0n) is 15.0. The van der Waals surface area contributed by atoms with Gasteiger partial charge >= 0.3 is 0 Å². The number of furan rings is 1. The second-order valence-electron chi connectivity index (χ2n) is 6.27. The van der Waals surface area contributed by atoms with E-state index in [1.165, 1.54) is 11.0 Å². The van der Waals surface area contributed by atoms with E-state index in [2.05, 4.69) is 0 Å². The number of hydrogen-bond acceptors (Lipinski definition) is 4. The number of rotatable bonds is 7. The summed E-state index contributed by atoms with van der Waals surface area (Å²) in [5, 5.41) is 11.1. The molecular formula is C21H20N2O4. The van der Waals surface area contributed by atoms with E-state index in [9.17, 15) is 14.9 Å². The van der Waals surface area contributed by atoms with Crippen molar-refractivity contribution in [3.63, 3.8) is 0 Å². The molecule has 0 aliphatic heterocycles. The van der Waals surface area contributed by atoms with Crippen LogP contribution in [0.5, 0.6) is 0 Å². The summed E-state index contributed by atoms with van der Waals surface area (Å²) in [5.41, 5.74) is 1.53. The van der Waals surface area contributed by atoms with Gasteiger partial charge in [-0.05, 0) is 12.1 Å². The Morgan fingerprint density at radius 3 is 2.48 bits per heavy atom. The molecule has 2 aromatic carbocycles. The maximum Gasteiger partial charge on any atom is 0.274 e. The van der Waals surface area contributed by atoms with Crippen LogP contribution in [0.1, 0.15) is 17.7 Å². The molecule has 0 N–H and O–H groups in total. The Morgan fingerprint density at radius 2 is 1.74 bits per heavy atom. The zero-order valence-corrected chi connectivity index (χ0v) is 15.0. The Morgan fingerprint density at radius 1 is 1.04 bits per heavy atom. The summed E-state index contributed by atoms with van der Waals surface area (Å²) in [7, 11) is 1.65. The molecule has 6 heteroatoms. The molecule has 1 amide bonds. The lowest BCUT2D eigenvalue weighted by Crippen LogP contribution is -2.26. The molecule has 0 aliphatic carbocycles. The van der Waals surface area contributed by atoms with Crippen molar-refractivity contribution in [3.8, 4) is 11.3 Å². The highest BCUT2D eigenvalue weighted by atomic mass is 16.6. The predicted octanol–water partition coefficient (Wildman–Crippen LogP) is 4.45. The van der Waals surface area contributed by atoms with Crippen LogP contribution < -0.4 is 0 Å². The van der Waals surface area contributed by atoms with Crippen molar-refractivity contribution in [1.29, 1.82) is 0 Å². The Bertz CT molecular complexity index is 934. The molecule has 0 saturated heterocycles. The van der Waals surface area contributed by atoms with Crippen LogP contribution in [-0.2, 0) is 17.8 Å². The van der Waals surface area contributed by atoms with Gasteiger partial charge in [0.25, 0.3) is 5.69 Å². The maximum atomic E-state index is 12.4. The fourth-order valence-electron chi connectivity index (χ4n) is 2.86. The summed E-state index contributed by atoms with van der Waals surface area (Å²) in [6, 6.07) is 20.0. The molecule has 0 radical (unpaired) electrons. The monoisotopic (exact) mass is 364 g/mol. The smallest absolute Gasteiger partial charge is 0.274 e. The molecule has 3 aromatic rings. The third kappa shape index (κ3) is 4.61. The standard InChI is InChI=1S/C21H20N2O4/c1-22(15-17-9-5-6-10-19(17)23(25)26)21(24)14-12-18-11-13-20(27-18)16-7-3-2-4-8-16/h2-11,13H,12,14-15H2,1H3. The van der Waals surface area contributed by atoms with Gasteiger partial charge in [-0.3, -0.25) is 14.9 Å². The fourth-order valence-corrected chi connectivity index (χ4v) is 2.86. The van der Waals surface area contributed by atoms with E-state index in [-0.39, 0.29) is 24.6 Å². The van der Waals surface area contributed by atoms with Gasteiger partial charge in [-0.15, -0.1) is 0 Å². The molecule has 27 heavy (non-hydrogen) atoms. The van der Waals surface area contributed by atoms with Crippen LogP contribution in [0.15, 0.2) is 71.1 Å². The summed E-state index contributed by atoms with van der Waals surface area (Å²) >= 11 is 0. The van der Waals surface area contributed by atoms with E-state index >= 15 is 0 Å². The maximum absolute atomic E-state index is 12.4. The van der Waals surface area contributed by atoms with Crippen molar-refractivity contribution in [2.75, 3.05) is 7.05 Å². The minimum atomic E-state index is -0.429. The number of benzene rings is 2. The first-order valence-electron chi connectivity index (χ1n) is 8.65. The van der Waals surface area contributed by atoms with Crippen molar-refractivity contribution in [1.82, 2.24) is 4.90 Å². The van der Waals surface area contributed by atoms with Crippen molar-refractivity contribution in [2.24, 2.45) is 0 Å². The Labute approximate surface area is 157 Å². The fraction of sp³-hybridized carbons (Fsp3) is 0.190. The second-order valence-corrected chi connectivity index (χ2v) is 6.27. The molecule has 0 unspecified atom stereocenters. The summed E-state index contributed by atoms with van der Waals surface area (Å²) in [6.45, 7) is 0.198. The second kappa shape index (κ2) is 8.31. The van der Waals surface area contributed by atoms with Gasteiger partial charge in [0.05, 0.1) is 11.5 Å². The summed E-state index contributed by atoms with van der Waals surface area (Å²) < 4.78 is 5.81. The van der Waals surface area contributed by atoms with E-state index in [0.29, 0.717) is 12.0 Å². The van der Waals surface area contributed by atoms with Crippen molar-refractivity contribution in [2.45, 2.75) is 19.4 Å². The topological polar surface area (TPSA) is 76.6 Å². The number of amides is 1. The first-order chi connectivity index (χ1) is 13.0. The minimum Gasteiger partial charge on any atom is -0.461 e. The Balaban J connectivity index is 1.58. The number of carbonyl (C=O) groups excluding carboxylic acids is 1. The molecule has 0 fully saturated rings. The number of aryl methyl sites for hydroxylation is 1. The van der Waals surface area contributed by atoms with E-state index in [1.807, 2.05) is 42.5 Å². The van der Waals surface area contributed by atoms with Gasteiger partial charge in [0.2, 0.25) is 5.91 Å². The molecule has 0 saturated carbocycles. The highest BCUT2D eigenvalue weighted by Gasteiger charge is 2.17. The Kier molecular flexibility index (Phi) is 5.66. The Hall–Kier alpha value is -3.41. The number of para-hydroxylation sites is 1. The van der Waals surface area contributed by atoms with Crippen LogP contribution in [0.4, 0.5) is 5.69 Å². The summed E-state index contributed by atoms with van der Waals surface area (Å²) in [6.07, 6.45) is 0.756. The lowest BCUT2D eigenvalue weighted by atomic mass is 10.1. The molecule has 1 aromatic heterocycles. The van der Waals surface area contributed by atoms with Crippen LogP contribution in [-0.4, -0.2) is 22.8 Å². The molecular weight excluding hydrogens is 344 g/mol. The predicted molar refractivity (Wildman–Crippen MR) is 102 cm³/mol. The normalized spacial score (nSPS) is 10.6. The molecule has 0 bridgehead atoms. The average molecular weight is 364 g/mol. The van der Waals surface area contributed by atoms with Crippen molar-refractivity contribution >= 4 is 11.6 Å². The van der Waals surface area contributed by atoms with Crippen LogP contribution in [0.2, 0.25) is 0 Å². The average Bonchev–Trinajstić information content (AvgIpc) is 3.16. The number of nitro groups is 1. The molecule has 0 spiro atoms. The van der Waals surface area contributed by atoms with E-state index < -0.39 is 4.92 Å². The molecule has 138 valence electrons. The van der Waals surface area contributed by atoms with E-state index in [0.717, 1.165) is 17.1 Å². The van der Waals surface area contributed by atoms with Crippen molar-refractivity contribution < 1.29 is 14.1 Å². The molecule has 0 aliphatic rings. The first-order valence-corrected chi connectivity index (χ1v) is 8.65. The lowest BCUT2D eigenvalue weighted by Gasteiger charge is -2.17. The lowest BCUT2D eigenvalue weighted by molar-refractivity contribution is -0.385. The van der Waals surface area contributed by atoms with E-state index in [4.69, 9.17) is 4.42 Å². The zero-order chi connectivity index (χ0) is 19.2. The summed E-state index contributed by atoms with van der Waals surface area (Å²) in [5.74, 6) is 1.42. The van der Waals surface area contributed by atoms with Gasteiger partial charge in [-0.25, -0.2) is 0 Å². The van der Waals surface area contributed by atoms with Crippen LogP contribution in [0.3, 0.4) is 0 Å². The third-order valence-corrected chi connectivity index (χ3v) is 4.33. The number of hydrogen-bond donors (Lipinski definition) is 0. The van der Waals surface area contributed by atoms with E-state index in [1.54, 1.807) is 25.2 Å². The van der Waals surface area contributed by atoms with Crippen molar-refractivity contribution in [3.05, 3.63) is 88.2 Å².